The summed E-state index contributed by atoms with van der Waals surface area (Å²) in [5.74, 6) is 0.175. The molecule has 0 fully saturated rings. The van der Waals surface area contributed by atoms with Crippen LogP contribution in [0.1, 0.15) is 19.4 Å². The second-order valence-corrected chi connectivity index (χ2v) is 5.44. The van der Waals surface area contributed by atoms with Crippen LogP contribution >= 0.6 is 11.8 Å². The summed E-state index contributed by atoms with van der Waals surface area (Å²) in [5, 5.41) is 4.17. The number of anilines is 1. The second-order valence-electron chi connectivity index (χ2n) is 4.49. The minimum atomic E-state index is -0.294. The Morgan fingerprint density at radius 3 is 2.70 bits per heavy atom. The molecule has 2 rings (SSSR count). The highest BCUT2D eigenvalue weighted by molar-refractivity contribution is 7.99. The van der Waals surface area contributed by atoms with Crippen LogP contribution in [-0.4, -0.2) is 26.0 Å². The Morgan fingerprint density at radius 1 is 1.40 bits per heavy atom. The van der Waals surface area contributed by atoms with E-state index in [4.69, 9.17) is 5.73 Å². The van der Waals surface area contributed by atoms with Crippen LogP contribution in [0.4, 0.5) is 5.82 Å². The van der Waals surface area contributed by atoms with E-state index in [2.05, 4.69) is 39.1 Å². The van der Waals surface area contributed by atoms with Crippen LogP contribution in [-0.2, 0) is 6.54 Å². The highest BCUT2D eigenvalue weighted by Gasteiger charge is 2.05. The molecule has 2 aromatic heterocycles. The van der Waals surface area contributed by atoms with Crippen molar-refractivity contribution in [2.24, 2.45) is 0 Å². The maximum absolute atomic E-state index is 11.3. The highest BCUT2D eigenvalue weighted by atomic mass is 32.2. The summed E-state index contributed by atoms with van der Waals surface area (Å²) in [7, 11) is 0. The molecule has 2 heterocycles. The van der Waals surface area contributed by atoms with E-state index in [9.17, 15) is 4.79 Å². The van der Waals surface area contributed by atoms with Gasteiger partial charge in [0.25, 0.3) is 5.56 Å². The smallest absolute Gasteiger partial charge is 0.253 e. The maximum Gasteiger partial charge on any atom is 0.253 e. The fourth-order valence-corrected chi connectivity index (χ4v) is 2.08. The highest BCUT2D eigenvalue weighted by Crippen LogP contribution is 2.19. The van der Waals surface area contributed by atoms with Crippen LogP contribution in [0, 0.1) is 0 Å². The van der Waals surface area contributed by atoms with E-state index in [1.165, 1.54) is 6.07 Å². The summed E-state index contributed by atoms with van der Waals surface area (Å²) in [5.41, 5.74) is 6.22. The molecule has 0 aromatic carbocycles. The molecule has 0 unspecified atom stereocenters. The molecule has 0 radical (unpaired) electrons. The quantitative estimate of drug-likeness (QED) is 0.699. The molecule has 0 amide bonds. The van der Waals surface area contributed by atoms with Gasteiger partial charge in [0.2, 0.25) is 0 Å². The van der Waals surface area contributed by atoms with Gasteiger partial charge in [-0.25, -0.2) is 15.0 Å². The van der Waals surface area contributed by atoms with Crippen molar-refractivity contribution in [3.63, 3.8) is 0 Å². The topological polar surface area (TPSA) is 110 Å². The van der Waals surface area contributed by atoms with Gasteiger partial charge in [0, 0.05) is 36.6 Å². The normalized spacial score (nSPS) is 10.9. The molecule has 20 heavy (non-hydrogen) atoms. The first-order chi connectivity index (χ1) is 9.52. The van der Waals surface area contributed by atoms with Crippen molar-refractivity contribution < 1.29 is 0 Å². The van der Waals surface area contributed by atoms with Crippen LogP contribution in [0.15, 0.2) is 33.6 Å². The van der Waals surface area contributed by atoms with Gasteiger partial charge in [-0.05, 0) is 11.8 Å². The number of nitrogen functional groups attached to an aromatic ring is 1. The number of H-pyrrole nitrogens is 1. The van der Waals surface area contributed by atoms with Crippen molar-refractivity contribution in [2.45, 2.75) is 36.7 Å². The van der Waals surface area contributed by atoms with Gasteiger partial charge >= 0.3 is 0 Å². The lowest BCUT2D eigenvalue weighted by Gasteiger charge is -2.07. The fraction of sp³-hybridized carbons (Fsp3) is 0.333. The van der Waals surface area contributed by atoms with E-state index in [1.54, 1.807) is 12.4 Å². The molecule has 0 aliphatic rings. The molecule has 106 valence electrons. The molecule has 0 bridgehead atoms. The van der Waals surface area contributed by atoms with Crippen LogP contribution in [0.5, 0.6) is 0 Å². The van der Waals surface area contributed by atoms with E-state index in [1.807, 2.05) is 0 Å². The van der Waals surface area contributed by atoms with Gasteiger partial charge in [0.15, 0.2) is 10.3 Å². The number of nitrogens with two attached hydrogens (primary N) is 1. The third-order valence-corrected chi connectivity index (χ3v) is 3.10. The first kappa shape index (κ1) is 14.5. The molecule has 4 N–H and O–H groups in total. The average Bonchev–Trinajstić information content (AvgIpc) is 2.36. The molecular weight excluding hydrogens is 276 g/mol. The predicted molar refractivity (Wildman–Crippen MR) is 77.4 cm³/mol. The molecule has 0 saturated carbocycles. The van der Waals surface area contributed by atoms with Crippen LogP contribution in [0.25, 0.3) is 0 Å². The number of aromatic nitrogens is 4. The third kappa shape index (κ3) is 4.32. The van der Waals surface area contributed by atoms with Crippen LogP contribution < -0.4 is 16.6 Å². The Labute approximate surface area is 120 Å². The molecule has 0 aliphatic heterocycles. The molecule has 7 nitrogen and oxygen atoms in total. The van der Waals surface area contributed by atoms with E-state index < -0.39 is 0 Å². The molecule has 0 spiro atoms. The number of hydrogen-bond donors (Lipinski definition) is 3. The lowest BCUT2D eigenvalue weighted by Crippen LogP contribution is -2.21. The number of nitrogens with one attached hydrogen (secondary N) is 2. The molecule has 0 saturated heterocycles. The number of rotatable bonds is 5. The third-order valence-electron chi connectivity index (χ3n) is 2.32. The fourth-order valence-electron chi connectivity index (χ4n) is 1.40. The van der Waals surface area contributed by atoms with Crippen molar-refractivity contribution in [2.75, 3.05) is 5.73 Å². The Balaban J connectivity index is 2.05. The lowest BCUT2D eigenvalue weighted by molar-refractivity contribution is 0.585. The van der Waals surface area contributed by atoms with Crippen molar-refractivity contribution in [1.29, 1.82) is 0 Å². The summed E-state index contributed by atoms with van der Waals surface area (Å²) < 4.78 is 0. The monoisotopic (exact) mass is 292 g/mol. The number of nitrogens with zero attached hydrogens (tertiary/aromatic N) is 3. The zero-order valence-electron chi connectivity index (χ0n) is 11.3. The first-order valence-corrected chi connectivity index (χ1v) is 6.93. The lowest BCUT2D eigenvalue weighted by atomic mass is 10.3. The van der Waals surface area contributed by atoms with E-state index >= 15 is 0 Å². The largest absolute Gasteiger partial charge is 0.383 e. The van der Waals surface area contributed by atoms with Gasteiger partial charge in [-0.1, -0.05) is 13.8 Å². The zero-order valence-corrected chi connectivity index (χ0v) is 12.1. The van der Waals surface area contributed by atoms with Crippen molar-refractivity contribution in [3.8, 4) is 0 Å². The Morgan fingerprint density at radius 2 is 2.10 bits per heavy atom. The summed E-state index contributed by atoms with van der Waals surface area (Å²) in [6.45, 7) is 4.87. The molecule has 8 heteroatoms. The van der Waals surface area contributed by atoms with Crippen molar-refractivity contribution >= 4 is 17.6 Å². The summed E-state index contributed by atoms with van der Waals surface area (Å²) in [6.07, 6.45) is 3.49. The van der Waals surface area contributed by atoms with E-state index in [-0.39, 0.29) is 11.4 Å². The molecular formula is C12H16N6OS. The predicted octanol–water partition coefficient (Wildman–Crippen LogP) is 0.791. The zero-order chi connectivity index (χ0) is 14.5. The van der Waals surface area contributed by atoms with Gasteiger partial charge in [-0.2, -0.15) is 0 Å². The Bertz CT molecular complexity index is 625. The Hall–Kier alpha value is -1.93. The van der Waals surface area contributed by atoms with E-state index in [0.717, 1.165) is 23.9 Å². The summed E-state index contributed by atoms with van der Waals surface area (Å²) >= 11 is 1.16. The number of hydrogen-bond acceptors (Lipinski definition) is 7. The maximum atomic E-state index is 11.3. The SMILES string of the molecule is CC(C)NCc1cnc(Sc2nc(N)cc(=O)[nH]2)nc1. The minimum Gasteiger partial charge on any atom is -0.383 e. The molecule has 2 aromatic rings. The minimum absolute atomic E-state index is 0.175. The Kier molecular flexibility index (Phi) is 4.70. The van der Waals surface area contributed by atoms with Crippen molar-refractivity contribution in [3.05, 3.63) is 34.4 Å². The van der Waals surface area contributed by atoms with Gasteiger partial charge < -0.3 is 16.0 Å². The van der Waals surface area contributed by atoms with Gasteiger partial charge in [-0.15, -0.1) is 0 Å². The van der Waals surface area contributed by atoms with Gasteiger partial charge in [0.1, 0.15) is 5.82 Å². The first-order valence-electron chi connectivity index (χ1n) is 6.12. The van der Waals surface area contributed by atoms with E-state index in [0.29, 0.717) is 16.4 Å². The number of aromatic amines is 1. The summed E-state index contributed by atoms with van der Waals surface area (Å²) in [6, 6.07) is 1.64. The van der Waals surface area contributed by atoms with Crippen LogP contribution in [0.2, 0.25) is 0 Å². The molecule has 0 atom stereocenters. The summed E-state index contributed by atoms with van der Waals surface area (Å²) in [4.78, 5) is 26.3. The van der Waals surface area contributed by atoms with Crippen molar-refractivity contribution in [1.82, 2.24) is 25.3 Å². The average molecular weight is 292 g/mol. The van der Waals surface area contributed by atoms with Gasteiger partial charge in [-0.3, -0.25) is 4.79 Å². The molecule has 0 aliphatic carbocycles. The van der Waals surface area contributed by atoms with Crippen LogP contribution in [0.3, 0.4) is 0 Å². The van der Waals surface area contributed by atoms with Gasteiger partial charge in [0.05, 0.1) is 0 Å². The standard InChI is InChI=1S/C12H16N6OS/c1-7(2)14-4-8-5-15-11(16-6-8)20-12-17-9(13)3-10(19)18-12/h3,5-7,14H,4H2,1-2H3,(H3,13,17,18,19). The second kappa shape index (κ2) is 6.49.